The van der Waals surface area contributed by atoms with Crippen LogP contribution in [-0.4, -0.2) is 19.2 Å². The van der Waals surface area contributed by atoms with E-state index in [0.29, 0.717) is 0 Å². The van der Waals surface area contributed by atoms with Gasteiger partial charge in [0.25, 0.3) is 0 Å². The minimum absolute atomic E-state index is 0.770. The van der Waals surface area contributed by atoms with Crippen molar-refractivity contribution in [1.82, 2.24) is 4.98 Å². The van der Waals surface area contributed by atoms with Crippen molar-refractivity contribution in [3.8, 4) is 22.8 Å². The van der Waals surface area contributed by atoms with Crippen molar-refractivity contribution in [2.45, 2.75) is 13.8 Å². The Balaban J connectivity index is 2.68. The van der Waals surface area contributed by atoms with Crippen molar-refractivity contribution in [2.75, 3.05) is 14.2 Å². The van der Waals surface area contributed by atoms with E-state index in [4.69, 9.17) is 9.47 Å². The van der Waals surface area contributed by atoms with Gasteiger partial charge in [-0.25, -0.2) is 0 Å². The van der Waals surface area contributed by atoms with Crippen molar-refractivity contribution >= 4 is 0 Å². The number of rotatable bonds is 3. The summed E-state index contributed by atoms with van der Waals surface area (Å²) in [6, 6.07) is 9.82. The molecule has 0 spiro atoms. The van der Waals surface area contributed by atoms with Gasteiger partial charge in [0.2, 0.25) is 0 Å². The van der Waals surface area contributed by atoms with Crippen LogP contribution in [0.3, 0.4) is 0 Å². The Morgan fingerprint density at radius 2 is 1.56 bits per heavy atom. The highest BCUT2D eigenvalue weighted by Crippen LogP contribution is 2.37. The summed E-state index contributed by atoms with van der Waals surface area (Å²) < 4.78 is 10.8. The molecule has 1 heterocycles. The quantitative estimate of drug-likeness (QED) is 0.828. The number of methoxy groups -OCH3 is 2. The van der Waals surface area contributed by atoms with Gasteiger partial charge >= 0.3 is 0 Å². The lowest BCUT2D eigenvalue weighted by atomic mass is 10.1. The largest absolute Gasteiger partial charge is 0.496 e. The van der Waals surface area contributed by atoms with Gasteiger partial charge in [-0.3, -0.25) is 4.98 Å². The van der Waals surface area contributed by atoms with Crippen LogP contribution in [0.4, 0.5) is 0 Å². The van der Waals surface area contributed by atoms with E-state index in [-0.39, 0.29) is 0 Å². The second kappa shape index (κ2) is 5.08. The van der Waals surface area contributed by atoms with Crippen molar-refractivity contribution in [3.63, 3.8) is 0 Å². The van der Waals surface area contributed by atoms with Crippen LogP contribution < -0.4 is 9.47 Å². The van der Waals surface area contributed by atoms with Gasteiger partial charge in [0.05, 0.1) is 25.5 Å². The van der Waals surface area contributed by atoms with Gasteiger partial charge in [0, 0.05) is 5.69 Å². The molecule has 0 N–H and O–H groups in total. The summed E-state index contributed by atoms with van der Waals surface area (Å²) in [4.78, 5) is 4.56. The monoisotopic (exact) mass is 243 g/mol. The van der Waals surface area contributed by atoms with Crippen molar-refractivity contribution in [3.05, 3.63) is 41.6 Å². The molecule has 94 valence electrons. The summed E-state index contributed by atoms with van der Waals surface area (Å²) in [5.74, 6) is 1.54. The van der Waals surface area contributed by atoms with Crippen molar-refractivity contribution in [2.24, 2.45) is 0 Å². The molecule has 2 rings (SSSR count). The SMILES string of the molecule is COc1cccc(OC)c1-c1cc(C)cc(C)n1. The van der Waals surface area contributed by atoms with Gasteiger partial charge in [-0.15, -0.1) is 0 Å². The first kappa shape index (κ1) is 12.4. The molecule has 0 aliphatic heterocycles. The molecule has 0 bridgehead atoms. The average Bonchev–Trinajstić information content (AvgIpc) is 2.36. The number of benzene rings is 1. The maximum Gasteiger partial charge on any atom is 0.132 e. The van der Waals surface area contributed by atoms with Gasteiger partial charge < -0.3 is 9.47 Å². The van der Waals surface area contributed by atoms with E-state index < -0.39 is 0 Å². The Labute approximate surface area is 107 Å². The topological polar surface area (TPSA) is 31.4 Å². The highest BCUT2D eigenvalue weighted by Gasteiger charge is 2.13. The van der Waals surface area contributed by atoms with Crippen LogP contribution >= 0.6 is 0 Å². The Kier molecular flexibility index (Phi) is 3.51. The average molecular weight is 243 g/mol. The molecule has 1 aromatic carbocycles. The molecule has 18 heavy (non-hydrogen) atoms. The summed E-state index contributed by atoms with van der Waals surface area (Å²) >= 11 is 0. The maximum absolute atomic E-state index is 5.40. The molecule has 3 heteroatoms. The summed E-state index contributed by atoms with van der Waals surface area (Å²) in [5.41, 5.74) is 3.93. The number of aromatic nitrogens is 1. The van der Waals surface area contributed by atoms with Gasteiger partial charge in [-0.2, -0.15) is 0 Å². The highest BCUT2D eigenvalue weighted by atomic mass is 16.5. The Morgan fingerprint density at radius 3 is 2.06 bits per heavy atom. The molecule has 0 unspecified atom stereocenters. The third-order valence-corrected chi connectivity index (χ3v) is 2.78. The Bertz CT molecular complexity index is 522. The standard InChI is InChI=1S/C15H17NO2/c1-10-8-11(2)16-12(9-10)15-13(17-3)6-5-7-14(15)18-4/h5-9H,1-4H3. The molecule has 0 fully saturated rings. The number of hydrogen-bond donors (Lipinski definition) is 0. The maximum atomic E-state index is 5.40. The summed E-state index contributed by atoms with van der Waals surface area (Å²) in [5, 5.41) is 0. The zero-order valence-corrected chi connectivity index (χ0v) is 11.2. The lowest BCUT2D eigenvalue weighted by Gasteiger charge is -2.13. The molecule has 0 saturated heterocycles. The minimum atomic E-state index is 0.770. The number of hydrogen-bond acceptors (Lipinski definition) is 3. The van der Waals surface area contributed by atoms with Crippen LogP contribution in [-0.2, 0) is 0 Å². The molecule has 0 amide bonds. The summed E-state index contributed by atoms with van der Waals surface area (Å²) in [6.07, 6.45) is 0. The predicted octanol–water partition coefficient (Wildman–Crippen LogP) is 3.38. The fourth-order valence-corrected chi connectivity index (χ4v) is 2.07. The molecule has 3 nitrogen and oxygen atoms in total. The van der Waals surface area contributed by atoms with E-state index in [1.165, 1.54) is 5.56 Å². The minimum Gasteiger partial charge on any atom is -0.496 e. The van der Waals surface area contributed by atoms with Crippen LogP contribution in [0.15, 0.2) is 30.3 Å². The van der Waals surface area contributed by atoms with Crippen LogP contribution in [0.25, 0.3) is 11.3 Å². The van der Waals surface area contributed by atoms with Crippen molar-refractivity contribution < 1.29 is 9.47 Å². The Morgan fingerprint density at radius 1 is 0.944 bits per heavy atom. The molecule has 0 aliphatic rings. The fraction of sp³-hybridized carbons (Fsp3) is 0.267. The molecule has 1 aromatic heterocycles. The third kappa shape index (κ3) is 2.30. The second-order valence-corrected chi connectivity index (χ2v) is 4.21. The lowest BCUT2D eigenvalue weighted by molar-refractivity contribution is 0.397. The second-order valence-electron chi connectivity index (χ2n) is 4.21. The Hall–Kier alpha value is -2.03. The van der Waals surface area contributed by atoms with E-state index in [0.717, 1.165) is 28.5 Å². The predicted molar refractivity (Wildman–Crippen MR) is 72.3 cm³/mol. The first-order valence-corrected chi connectivity index (χ1v) is 5.82. The summed E-state index contributed by atoms with van der Waals surface area (Å²) in [7, 11) is 3.31. The van der Waals surface area contributed by atoms with Gasteiger partial charge in [0.1, 0.15) is 11.5 Å². The van der Waals surface area contributed by atoms with Crippen LogP contribution in [0, 0.1) is 13.8 Å². The van der Waals surface area contributed by atoms with Crippen LogP contribution in [0.5, 0.6) is 11.5 Å². The molecular weight excluding hydrogens is 226 g/mol. The van der Waals surface area contributed by atoms with Gasteiger partial charge in [-0.05, 0) is 43.7 Å². The molecule has 0 saturated carbocycles. The van der Waals surface area contributed by atoms with Crippen LogP contribution in [0.2, 0.25) is 0 Å². The summed E-state index contributed by atoms with van der Waals surface area (Å²) in [6.45, 7) is 4.04. The molecular formula is C15H17NO2. The number of pyridine rings is 1. The van der Waals surface area contributed by atoms with E-state index in [9.17, 15) is 0 Å². The fourth-order valence-electron chi connectivity index (χ4n) is 2.07. The normalized spacial score (nSPS) is 10.2. The number of nitrogens with zero attached hydrogens (tertiary/aromatic N) is 1. The molecule has 0 atom stereocenters. The van der Waals surface area contributed by atoms with Gasteiger partial charge in [0.15, 0.2) is 0 Å². The van der Waals surface area contributed by atoms with E-state index in [2.05, 4.69) is 11.9 Å². The molecule has 0 radical (unpaired) electrons. The van der Waals surface area contributed by atoms with E-state index in [1.807, 2.05) is 37.3 Å². The lowest BCUT2D eigenvalue weighted by Crippen LogP contribution is -1.96. The third-order valence-electron chi connectivity index (χ3n) is 2.78. The molecule has 0 aliphatic carbocycles. The number of ether oxygens (including phenoxy) is 2. The van der Waals surface area contributed by atoms with Crippen LogP contribution in [0.1, 0.15) is 11.3 Å². The van der Waals surface area contributed by atoms with E-state index in [1.54, 1.807) is 14.2 Å². The smallest absolute Gasteiger partial charge is 0.132 e. The highest BCUT2D eigenvalue weighted by molar-refractivity contribution is 5.74. The first-order chi connectivity index (χ1) is 8.65. The van der Waals surface area contributed by atoms with Gasteiger partial charge in [-0.1, -0.05) is 6.07 Å². The number of aryl methyl sites for hydroxylation is 2. The van der Waals surface area contributed by atoms with E-state index >= 15 is 0 Å². The first-order valence-electron chi connectivity index (χ1n) is 5.82. The zero-order valence-electron chi connectivity index (χ0n) is 11.2. The van der Waals surface area contributed by atoms with Crippen molar-refractivity contribution in [1.29, 1.82) is 0 Å². The molecule has 2 aromatic rings. The zero-order chi connectivity index (χ0) is 13.1.